The lowest BCUT2D eigenvalue weighted by molar-refractivity contribution is 0.0666. The smallest absolute Gasteiger partial charge is 0.274 e. The first-order chi connectivity index (χ1) is 14.0. The molecule has 1 atom stereocenters. The molecule has 29 heavy (non-hydrogen) atoms. The largest absolute Gasteiger partial charge is 0.337 e. The number of aromatic nitrogens is 6. The van der Waals surface area contributed by atoms with Crippen molar-refractivity contribution >= 4 is 5.91 Å². The summed E-state index contributed by atoms with van der Waals surface area (Å²) in [7, 11) is 1.98. The molecule has 1 saturated heterocycles. The second-order valence-electron chi connectivity index (χ2n) is 7.65. The number of likely N-dealkylation sites (tertiary alicyclic amines) is 1. The fraction of sp³-hybridized carbons (Fsp3) is 0.429. The Kier molecular flexibility index (Phi) is 5.33. The van der Waals surface area contributed by atoms with E-state index in [1.165, 1.54) is 0 Å². The van der Waals surface area contributed by atoms with Crippen LogP contribution in [-0.2, 0) is 13.5 Å². The van der Waals surface area contributed by atoms with Gasteiger partial charge in [-0.2, -0.15) is 0 Å². The number of hydrogen-bond donors (Lipinski definition) is 0. The third-order valence-electron chi connectivity index (χ3n) is 5.47. The first-order valence-electron chi connectivity index (χ1n) is 9.89. The monoisotopic (exact) mass is 391 g/mol. The van der Waals surface area contributed by atoms with Crippen LogP contribution in [0.5, 0.6) is 0 Å². The molecule has 8 nitrogen and oxygen atoms in total. The highest BCUT2D eigenvalue weighted by Gasteiger charge is 2.26. The van der Waals surface area contributed by atoms with Crippen LogP contribution in [0.1, 0.15) is 40.5 Å². The Labute approximate surface area is 170 Å². The predicted octanol–water partition coefficient (Wildman–Crippen LogP) is 2.38. The molecule has 0 aromatic carbocycles. The zero-order valence-electron chi connectivity index (χ0n) is 17.0. The molecule has 8 heteroatoms. The van der Waals surface area contributed by atoms with Gasteiger partial charge in [0, 0.05) is 32.5 Å². The molecule has 4 heterocycles. The molecule has 150 valence electrons. The van der Waals surface area contributed by atoms with Crippen LogP contribution in [0.2, 0.25) is 0 Å². The Morgan fingerprint density at radius 3 is 2.69 bits per heavy atom. The maximum Gasteiger partial charge on any atom is 0.274 e. The highest BCUT2D eigenvalue weighted by atomic mass is 16.2. The van der Waals surface area contributed by atoms with E-state index in [4.69, 9.17) is 4.98 Å². The molecule has 0 saturated carbocycles. The fourth-order valence-electron chi connectivity index (χ4n) is 3.75. The van der Waals surface area contributed by atoms with Crippen molar-refractivity contribution in [1.82, 2.24) is 34.4 Å². The summed E-state index contributed by atoms with van der Waals surface area (Å²) in [4.78, 5) is 36.6. The van der Waals surface area contributed by atoms with Crippen LogP contribution >= 0.6 is 0 Å². The van der Waals surface area contributed by atoms with E-state index in [1.807, 2.05) is 42.8 Å². The zero-order chi connectivity index (χ0) is 20.4. The van der Waals surface area contributed by atoms with Crippen molar-refractivity contribution in [3.63, 3.8) is 0 Å². The van der Waals surface area contributed by atoms with E-state index in [9.17, 15) is 4.79 Å². The molecule has 1 fully saturated rings. The number of imidazole rings is 1. The molecule has 3 aromatic heterocycles. The van der Waals surface area contributed by atoms with Crippen LogP contribution in [0.3, 0.4) is 0 Å². The summed E-state index contributed by atoms with van der Waals surface area (Å²) >= 11 is 0. The fourth-order valence-corrected chi connectivity index (χ4v) is 3.75. The van der Waals surface area contributed by atoms with Gasteiger partial charge in [-0.05, 0) is 39.0 Å². The second-order valence-corrected chi connectivity index (χ2v) is 7.65. The van der Waals surface area contributed by atoms with Gasteiger partial charge in [0.2, 0.25) is 0 Å². The third-order valence-corrected chi connectivity index (χ3v) is 5.47. The molecule has 3 aromatic rings. The van der Waals surface area contributed by atoms with Crippen LogP contribution in [-0.4, -0.2) is 53.4 Å². The summed E-state index contributed by atoms with van der Waals surface area (Å²) in [6.07, 6.45) is 11.4. The summed E-state index contributed by atoms with van der Waals surface area (Å²) < 4.78 is 2.01. The van der Waals surface area contributed by atoms with Crippen molar-refractivity contribution in [2.45, 2.75) is 33.1 Å². The number of nitrogens with zero attached hydrogens (tertiary/aromatic N) is 7. The summed E-state index contributed by atoms with van der Waals surface area (Å²) in [5, 5.41) is 0. The lowest BCUT2D eigenvalue weighted by atomic mass is 9.93. The van der Waals surface area contributed by atoms with E-state index < -0.39 is 0 Å². The minimum absolute atomic E-state index is 0.0487. The summed E-state index contributed by atoms with van der Waals surface area (Å²) in [6, 6.07) is 0. The van der Waals surface area contributed by atoms with Gasteiger partial charge in [-0.25, -0.2) is 15.0 Å². The predicted molar refractivity (Wildman–Crippen MR) is 108 cm³/mol. The molecule has 0 bridgehead atoms. The third kappa shape index (κ3) is 4.16. The van der Waals surface area contributed by atoms with Gasteiger partial charge in [0.1, 0.15) is 17.2 Å². The van der Waals surface area contributed by atoms with E-state index in [0.29, 0.717) is 18.2 Å². The van der Waals surface area contributed by atoms with Crippen LogP contribution < -0.4 is 0 Å². The van der Waals surface area contributed by atoms with Crippen molar-refractivity contribution in [2.75, 3.05) is 13.1 Å². The molecule has 1 aliphatic heterocycles. The SMILES string of the molecule is Cc1cnc(C(=O)N2CCC[C@@H](Cc3cncc(-c4cnc(C)n4C)n3)C2)cn1. The van der Waals surface area contributed by atoms with Crippen molar-refractivity contribution in [3.8, 4) is 11.4 Å². The minimum atomic E-state index is -0.0487. The van der Waals surface area contributed by atoms with Crippen molar-refractivity contribution in [2.24, 2.45) is 13.0 Å². The normalized spacial score (nSPS) is 16.8. The van der Waals surface area contributed by atoms with E-state index in [-0.39, 0.29) is 5.91 Å². The van der Waals surface area contributed by atoms with Gasteiger partial charge in [-0.3, -0.25) is 14.8 Å². The number of piperidine rings is 1. The summed E-state index contributed by atoms with van der Waals surface area (Å²) in [5.74, 6) is 1.24. The minimum Gasteiger partial charge on any atom is -0.337 e. The van der Waals surface area contributed by atoms with E-state index in [2.05, 4.69) is 19.9 Å². The first-order valence-corrected chi connectivity index (χ1v) is 9.89. The van der Waals surface area contributed by atoms with Gasteiger partial charge in [0.05, 0.1) is 35.7 Å². The molecule has 1 amide bonds. The molecule has 0 unspecified atom stereocenters. The molecule has 0 N–H and O–H groups in total. The Morgan fingerprint density at radius 2 is 1.97 bits per heavy atom. The first kappa shape index (κ1) is 19.2. The Hall–Kier alpha value is -3.16. The van der Waals surface area contributed by atoms with Gasteiger partial charge < -0.3 is 9.47 Å². The molecular formula is C21H25N7O. The van der Waals surface area contributed by atoms with Crippen molar-refractivity contribution in [1.29, 1.82) is 0 Å². The van der Waals surface area contributed by atoms with Gasteiger partial charge in [-0.1, -0.05) is 0 Å². The topological polar surface area (TPSA) is 89.7 Å². The summed E-state index contributed by atoms with van der Waals surface area (Å²) in [5.41, 5.74) is 3.93. The molecule has 0 aliphatic carbocycles. The zero-order valence-corrected chi connectivity index (χ0v) is 17.0. The van der Waals surface area contributed by atoms with Crippen LogP contribution in [0, 0.1) is 19.8 Å². The van der Waals surface area contributed by atoms with Crippen LogP contribution in [0.25, 0.3) is 11.4 Å². The maximum atomic E-state index is 12.8. The van der Waals surface area contributed by atoms with Gasteiger partial charge >= 0.3 is 0 Å². The van der Waals surface area contributed by atoms with Crippen LogP contribution in [0.15, 0.2) is 31.0 Å². The van der Waals surface area contributed by atoms with Gasteiger partial charge in [0.15, 0.2) is 0 Å². The number of hydrogen-bond acceptors (Lipinski definition) is 6. The van der Waals surface area contributed by atoms with Crippen molar-refractivity contribution in [3.05, 3.63) is 53.9 Å². The molecule has 4 rings (SSSR count). The summed E-state index contributed by atoms with van der Waals surface area (Å²) in [6.45, 7) is 5.28. The molecule has 1 aliphatic rings. The number of rotatable bonds is 4. The molecular weight excluding hydrogens is 366 g/mol. The average molecular weight is 391 g/mol. The quantitative estimate of drug-likeness (QED) is 0.678. The lowest BCUT2D eigenvalue weighted by Crippen LogP contribution is -2.41. The van der Waals surface area contributed by atoms with Gasteiger partial charge in [-0.15, -0.1) is 0 Å². The number of carbonyl (C=O) groups is 1. The van der Waals surface area contributed by atoms with E-state index in [1.54, 1.807) is 18.6 Å². The van der Waals surface area contributed by atoms with E-state index >= 15 is 0 Å². The molecule has 0 spiro atoms. The number of carbonyl (C=O) groups excluding carboxylic acids is 1. The molecule has 0 radical (unpaired) electrons. The number of aryl methyl sites for hydroxylation is 2. The average Bonchev–Trinajstić information content (AvgIpc) is 3.07. The number of amides is 1. The van der Waals surface area contributed by atoms with Crippen molar-refractivity contribution < 1.29 is 4.79 Å². The lowest BCUT2D eigenvalue weighted by Gasteiger charge is -2.32. The standard InChI is InChI=1S/C21H25N7O/c1-14-8-25-19(11-23-14)21(29)28-6-4-5-16(13-28)7-17-9-22-10-18(26-17)20-12-24-15(2)27(20)3/h8-12,16H,4-7,13H2,1-3H3/t16-/m0/s1. The maximum absolute atomic E-state index is 12.8. The van der Waals surface area contributed by atoms with E-state index in [0.717, 1.165) is 54.4 Å². The Morgan fingerprint density at radius 1 is 1.10 bits per heavy atom. The second kappa shape index (κ2) is 8.06. The Balaban J connectivity index is 1.46. The highest BCUT2D eigenvalue weighted by molar-refractivity contribution is 5.92. The highest BCUT2D eigenvalue weighted by Crippen LogP contribution is 2.23. The Bertz CT molecular complexity index is 1010. The van der Waals surface area contributed by atoms with Gasteiger partial charge in [0.25, 0.3) is 5.91 Å². The van der Waals surface area contributed by atoms with Crippen LogP contribution in [0.4, 0.5) is 0 Å².